The molecule has 0 atom stereocenters. The van der Waals surface area contributed by atoms with Crippen molar-refractivity contribution in [2.45, 2.75) is 6.61 Å². The summed E-state index contributed by atoms with van der Waals surface area (Å²) >= 11 is 0. The predicted octanol–water partition coefficient (Wildman–Crippen LogP) is 5.09. The van der Waals surface area contributed by atoms with Gasteiger partial charge < -0.3 is 9.47 Å². The van der Waals surface area contributed by atoms with E-state index in [4.69, 9.17) is 9.47 Å². The molecular formula is C27H24N4O3. The van der Waals surface area contributed by atoms with Gasteiger partial charge in [0.25, 0.3) is 5.91 Å². The van der Waals surface area contributed by atoms with Crippen LogP contribution in [0.3, 0.4) is 0 Å². The molecule has 0 saturated carbocycles. The number of rotatable bonds is 9. The van der Waals surface area contributed by atoms with E-state index in [0.29, 0.717) is 23.7 Å². The molecule has 4 aromatic rings. The number of carbonyl (C=O) groups excluding carboxylic acids is 1. The van der Waals surface area contributed by atoms with Crippen LogP contribution < -0.4 is 14.9 Å². The van der Waals surface area contributed by atoms with Crippen molar-refractivity contribution in [2.75, 3.05) is 7.11 Å². The van der Waals surface area contributed by atoms with Crippen LogP contribution in [0.1, 0.15) is 21.6 Å². The molecule has 1 heterocycles. The van der Waals surface area contributed by atoms with E-state index in [9.17, 15) is 4.79 Å². The number of hydrogen-bond acceptors (Lipinski definition) is 5. The minimum absolute atomic E-state index is 0.290. The van der Waals surface area contributed by atoms with E-state index in [0.717, 1.165) is 22.4 Å². The van der Waals surface area contributed by atoms with Crippen LogP contribution in [0, 0.1) is 0 Å². The molecule has 0 saturated heterocycles. The van der Waals surface area contributed by atoms with E-state index in [1.165, 1.54) is 6.21 Å². The fourth-order valence-corrected chi connectivity index (χ4v) is 3.27. The summed E-state index contributed by atoms with van der Waals surface area (Å²) in [6.45, 7) is 0.437. The van der Waals surface area contributed by atoms with Gasteiger partial charge in [-0.15, -0.1) is 0 Å². The zero-order chi connectivity index (χ0) is 23.6. The minimum Gasteiger partial charge on any atom is -0.496 e. The zero-order valence-electron chi connectivity index (χ0n) is 18.6. The first-order chi connectivity index (χ1) is 16.7. The Kier molecular flexibility index (Phi) is 7.48. The maximum absolute atomic E-state index is 12.4. The Labute approximate surface area is 197 Å². The largest absolute Gasteiger partial charge is 0.496 e. The Hall–Kier alpha value is -4.65. The molecule has 7 nitrogen and oxygen atoms in total. The second kappa shape index (κ2) is 11.3. The number of aromatic nitrogens is 2. The van der Waals surface area contributed by atoms with Gasteiger partial charge in [-0.05, 0) is 42.0 Å². The number of amides is 1. The molecule has 4 rings (SSSR count). The molecule has 7 heteroatoms. The van der Waals surface area contributed by atoms with Crippen LogP contribution in [0.25, 0.3) is 17.3 Å². The minimum atomic E-state index is -0.400. The molecule has 170 valence electrons. The summed E-state index contributed by atoms with van der Waals surface area (Å²) in [4.78, 5) is 12.4. The van der Waals surface area contributed by atoms with Crippen LogP contribution in [-0.2, 0) is 6.61 Å². The van der Waals surface area contributed by atoms with Gasteiger partial charge in [0.1, 0.15) is 23.8 Å². The maximum Gasteiger partial charge on any atom is 0.289 e. The van der Waals surface area contributed by atoms with E-state index in [1.54, 1.807) is 19.3 Å². The molecule has 0 unspecified atom stereocenters. The van der Waals surface area contributed by atoms with Gasteiger partial charge >= 0.3 is 0 Å². The second-order valence-electron chi connectivity index (χ2n) is 7.26. The SMILES string of the molecule is COc1ccccc1/C=C\C=N\NC(=O)c1cc(-c2ccccc2OCc2ccccc2)n[nH]1. The van der Waals surface area contributed by atoms with Gasteiger partial charge in [-0.1, -0.05) is 60.7 Å². The van der Waals surface area contributed by atoms with Crippen LogP contribution >= 0.6 is 0 Å². The van der Waals surface area contributed by atoms with Gasteiger partial charge in [-0.3, -0.25) is 9.89 Å². The molecular weight excluding hydrogens is 428 g/mol. The summed E-state index contributed by atoms with van der Waals surface area (Å²) in [5.41, 5.74) is 6.15. The topological polar surface area (TPSA) is 88.6 Å². The highest BCUT2D eigenvalue weighted by Gasteiger charge is 2.13. The fourth-order valence-electron chi connectivity index (χ4n) is 3.27. The summed E-state index contributed by atoms with van der Waals surface area (Å²) in [6.07, 6.45) is 5.06. The zero-order valence-corrected chi connectivity index (χ0v) is 18.6. The van der Waals surface area contributed by atoms with Crippen molar-refractivity contribution in [1.29, 1.82) is 0 Å². The summed E-state index contributed by atoms with van der Waals surface area (Å²) in [6, 6.07) is 26.8. The van der Waals surface area contributed by atoms with Crippen LogP contribution in [-0.4, -0.2) is 29.4 Å². The van der Waals surface area contributed by atoms with Gasteiger partial charge in [0.05, 0.1) is 12.8 Å². The lowest BCUT2D eigenvalue weighted by molar-refractivity contribution is 0.0950. The Morgan fingerprint density at radius 2 is 1.74 bits per heavy atom. The monoisotopic (exact) mass is 452 g/mol. The molecule has 0 radical (unpaired) electrons. The molecule has 0 bridgehead atoms. The number of carbonyl (C=O) groups is 1. The van der Waals surface area contributed by atoms with Crippen LogP contribution in [0.2, 0.25) is 0 Å². The average Bonchev–Trinajstić information content (AvgIpc) is 3.38. The van der Waals surface area contributed by atoms with E-state index >= 15 is 0 Å². The third-order valence-corrected chi connectivity index (χ3v) is 4.96. The van der Waals surface area contributed by atoms with Crippen molar-refractivity contribution in [1.82, 2.24) is 15.6 Å². The van der Waals surface area contributed by atoms with E-state index in [1.807, 2.05) is 84.9 Å². The Morgan fingerprint density at radius 3 is 2.56 bits per heavy atom. The molecule has 2 N–H and O–H groups in total. The molecule has 0 aliphatic rings. The summed E-state index contributed by atoms with van der Waals surface area (Å²) in [5, 5.41) is 11.0. The van der Waals surface area contributed by atoms with Crippen molar-refractivity contribution in [3.05, 3.63) is 108 Å². The molecule has 34 heavy (non-hydrogen) atoms. The standard InChI is InChI=1S/C27H24N4O3/c1-33-25-15-7-5-12-21(25)13-9-17-28-31-27(32)24-18-23(29-30-24)22-14-6-8-16-26(22)34-19-20-10-3-2-4-11-20/h2-18H,19H2,1H3,(H,29,30)(H,31,32)/b13-9-,28-17+. The lowest BCUT2D eigenvalue weighted by Gasteiger charge is -2.10. The van der Waals surface area contributed by atoms with Gasteiger partial charge in [-0.2, -0.15) is 10.2 Å². The number of allylic oxidation sites excluding steroid dienone is 1. The third kappa shape index (κ3) is 5.77. The quantitative estimate of drug-likeness (QED) is 0.273. The number of benzene rings is 3. The second-order valence-corrected chi connectivity index (χ2v) is 7.26. The normalized spacial score (nSPS) is 11.1. The van der Waals surface area contributed by atoms with Crippen LogP contribution in [0.5, 0.6) is 11.5 Å². The highest BCUT2D eigenvalue weighted by Crippen LogP contribution is 2.29. The Bertz CT molecular complexity index is 1300. The van der Waals surface area contributed by atoms with Crippen molar-refractivity contribution in [3.8, 4) is 22.8 Å². The Morgan fingerprint density at radius 1 is 1.00 bits per heavy atom. The van der Waals surface area contributed by atoms with E-state index < -0.39 is 5.91 Å². The number of nitrogens with one attached hydrogen (secondary N) is 2. The lowest BCUT2D eigenvalue weighted by atomic mass is 10.1. The number of H-pyrrole nitrogens is 1. The molecule has 0 aliphatic carbocycles. The number of nitrogens with zero attached hydrogens (tertiary/aromatic N) is 2. The number of para-hydroxylation sites is 2. The molecule has 0 aliphatic heterocycles. The molecule has 3 aromatic carbocycles. The lowest BCUT2D eigenvalue weighted by Crippen LogP contribution is -2.17. The first-order valence-corrected chi connectivity index (χ1v) is 10.7. The van der Waals surface area contributed by atoms with Crippen LogP contribution in [0.15, 0.2) is 96.1 Å². The summed E-state index contributed by atoms with van der Waals surface area (Å²) in [5.74, 6) is 1.04. The van der Waals surface area contributed by atoms with Gasteiger partial charge in [0.2, 0.25) is 0 Å². The summed E-state index contributed by atoms with van der Waals surface area (Å²) in [7, 11) is 1.62. The van der Waals surface area contributed by atoms with E-state index in [-0.39, 0.29) is 0 Å². The van der Waals surface area contributed by atoms with Crippen molar-refractivity contribution in [3.63, 3.8) is 0 Å². The maximum atomic E-state index is 12.4. The predicted molar refractivity (Wildman–Crippen MR) is 133 cm³/mol. The van der Waals surface area contributed by atoms with Gasteiger partial charge in [-0.25, -0.2) is 5.43 Å². The third-order valence-electron chi connectivity index (χ3n) is 4.96. The highest BCUT2D eigenvalue weighted by atomic mass is 16.5. The first-order valence-electron chi connectivity index (χ1n) is 10.7. The Balaban J connectivity index is 1.38. The number of hydrogen-bond donors (Lipinski definition) is 2. The van der Waals surface area contributed by atoms with E-state index in [2.05, 4.69) is 20.7 Å². The van der Waals surface area contributed by atoms with Gasteiger partial charge in [0.15, 0.2) is 0 Å². The number of methoxy groups -OCH3 is 1. The molecule has 0 spiro atoms. The number of aromatic amines is 1. The smallest absolute Gasteiger partial charge is 0.289 e. The molecule has 1 amide bonds. The van der Waals surface area contributed by atoms with Gasteiger partial charge in [0, 0.05) is 17.3 Å². The van der Waals surface area contributed by atoms with Crippen molar-refractivity contribution < 1.29 is 14.3 Å². The average molecular weight is 453 g/mol. The fraction of sp³-hybridized carbons (Fsp3) is 0.0741. The van der Waals surface area contributed by atoms with Crippen molar-refractivity contribution in [2.24, 2.45) is 5.10 Å². The van der Waals surface area contributed by atoms with Crippen molar-refractivity contribution >= 4 is 18.2 Å². The number of ether oxygens (including phenoxy) is 2. The molecule has 0 fully saturated rings. The first kappa shape index (κ1) is 22.5. The molecule has 1 aromatic heterocycles. The number of hydrazone groups is 1. The highest BCUT2D eigenvalue weighted by molar-refractivity contribution is 5.94. The van der Waals surface area contributed by atoms with Crippen LogP contribution in [0.4, 0.5) is 0 Å². The summed E-state index contributed by atoms with van der Waals surface area (Å²) < 4.78 is 11.3.